The van der Waals surface area contributed by atoms with E-state index in [1.54, 1.807) is 6.20 Å². The Morgan fingerprint density at radius 1 is 1.65 bits per heavy atom. The maximum Gasteiger partial charge on any atom is 0.350 e. The molecule has 108 valence electrons. The van der Waals surface area contributed by atoms with Crippen LogP contribution < -0.4 is 11.1 Å². The molecule has 2 aromatic rings. The van der Waals surface area contributed by atoms with Crippen LogP contribution in [-0.4, -0.2) is 35.7 Å². The third kappa shape index (κ3) is 3.07. The number of thiophene rings is 1. The van der Waals surface area contributed by atoms with Crippen LogP contribution >= 0.6 is 23.1 Å². The minimum atomic E-state index is -0.400. The minimum Gasteiger partial charge on any atom is -0.465 e. The van der Waals surface area contributed by atoms with Gasteiger partial charge in [0.1, 0.15) is 9.88 Å². The summed E-state index contributed by atoms with van der Waals surface area (Å²) in [5.41, 5.74) is 6.47. The predicted octanol–water partition coefficient (Wildman–Crippen LogP) is 2.15. The van der Waals surface area contributed by atoms with Crippen molar-refractivity contribution >= 4 is 39.8 Å². The number of hydrogen-bond donors (Lipinski definition) is 2. The van der Waals surface area contributed by atoms with Gasteiger partial charge < -0.3 is 15.8 Å². The zero-order chi connectivity index (χ0) is 14.5. The zero-order valence-corrected chi connectivity index (χ0v) is 12.9. The number of esters is 1. The van der Waals surface area contributed by atoms with Crippen molar-refractivity contribution in [1.82, 2.24) is 9.78 Å². The lowest BCUT2D eigenvalue weighted by atomic mass is 10.4. The molecule has 0 bridgehead atoms. The number of ether oxygens (including phenoxy) is 1. The molecule has 6 nitrogen and oxygen atoms in total. The molecule has 0 saturated heterocycles. The average Bonchev–Trinajstić information content (AvgIpc) is 3.06. The van der Waals surface area contributed by atoms with E-state index in [9.17, 15) is 4.79 Å². The van der Waals surface area contributed by atoms with E-state index in [0.29, 0.717) is 17.1 Å². The fourth-order valence-electron chi connectivity index (χ4n) is 1.71. The summed E-state index contributed by atoms with van der Waals surface area (Å²) in [6.45, 7) is 1.45. The molecule has 0 saturated carbocycles. The van der Waals surface area contributed by atoms with Gasteiger partial charge in [0.05, 0.1) is 24.2 Å². The number of aromatic nitrogens is 2. The summed E-state index contributed by atoms with van der Waals surface area (Å²) >= 11 is 2.83. The summed E-state index contributed by atoms with van der Waals surface area (Å²) in [4.78, 5) is 13.0. The van der Waals surface area contributed by atoms with Gasteiger partial charge in [0.2, 0.25) is 0 Å². The Morgan fingerprint density at radius 3 is 3.05 bits per heavy atom. The number of anilines is 2. The van der Waals surface area contributed by atoms with Crippen molar-refractivity contribution in [2.75, 3.05) is 31.0 Å². The lowest BCUT2D eigenvalue weighted by molar-refractivity contribution is 0.0607. The van der Waals surface area contributed by atoms with E-state index in [1.807, 2.05) is 23.2 Å². The van der Waals surface area contributed by atoms with Crippen molar-refractivity contribution in [3.05, 3.63) is 23.3 Å². The third-order valence-corrected chi connectivity index (χ3v) is 4.76. The number of thioether (sulfide) groups is 1. The Kier molecular flexibility index (Phi) is 4.91. The lowest BCUT2D eigenvalue weighted by Gasteiger charge is -2.06. The number of carbonyl (C=O) groups excluding carboxylic acids is 1. The zero-order valence-electron chi connectivity index (χ0n) is 11.3. The summed E-state index contributed by atoms with van der Waals surface area (Å²) in [7, 11) is 1.35. The molecule has 3 N–H and O–H groups in total. The number of hydrogen-bond acceptors (Lipinski definition) is 7. The molecule has 0 atom stereocenters. The molecule has 0 aromatic carbocycles. The van der Waals surface area contributed by atoms with Crippen LogP contribution in [-0.2, 0) is 11.3 Å². The smallest absolute Gasteiger partial charge is 0.350 e. The first-order valence-electron chi connectivity index (χ1n) is 5.93. The van der Waals surface area contributed by atoms with Gasteiger partial charge in [-0.3, -0.25) is 4.68 Å². The first kappa shape index (κ1) is 14.7. The van der Waals surface area contributed by atoms with Crippen LogP contribution in [0.4, 0.5) is 10.7 Å². The quantitative estimate of drug-likeness (QED) is 0.628. The highest BCUT2D eigenvalue weighted by atomic mass is 32.2. The van der Waals surface area contributed by atoms with Crippen molar-refractivity contribution in [2.45, 2.75) is 11.4 Å². The van der Waals surface area contributed by atoms with Crippen LogP contribution in [0.2, 0.25) is 0 Å². The van der Waals surface area contributed by atoms with Gasteiger partial charge in [-0.05, 0) is 12.3 Å². The molecular formula is C12H16N4O2S2. The van der Waals surface area contributed by atoms with E-state index >= 15 is 0 Å². The Hall–Kier alpha value is -1.67. The highest BCUT2D eigenvalue weighted by molar-refractivity contribution is 7.99. The largest absolute Gasteiger partial charge is 0.465 e. The van der Waals surface area contributed by atoms with E-state index in [2.05, 4.69) is 10.4 Å². The van der Waals surface area contributed by atoms with Crippen LogP contribution in [0.25, 0.3) is 0 Å². The topological polar surface area (TPSA) is 82.2 Å². The number of nitrogens with two attached hydrogens (primary N) is 1. The standard InChI is InChI=1S/C12H16N4O2S2/c1-18-12(17)10-8(13)9(19-2)11(20-10)14-5-7-16-6-3-4-15-16/h3-4,6,14H,5,7,13H2,1-2H3. The molecule has 2 heterocycles. The van der Waals surface area contributed by atoms with Crippen LogP contribution in [0.15, 0.2) is 23.4 Å². The van der Waals surface area contributed by atoms with Gasteiger partial charge in [-0.2, -0.15) is 5.10 Å². The SMILES string of the molecule is COC(=O)c1sc(NCCn2cccn2)c(SC)c1N. The number of carbonyl (C=O) groups is 1. The molecule has 0 aliphatic rings. The van der Waals surface area contributed by atoms with E-state index in [1.165, 1.54) is 30.2 Å². The van der Waals surface area contributed by atoms with E-state index in [0.717, 1.165) is 16.4 Å². The Morgan fingerprint density at radius 2 is 2.45 bits per heavy atom. The maximum absolute atomic E-state index is 11.6. The molecule has 0 radical (unpaired) electrons. The lowest BCUT2D eigenvalue weighted by Crippen LogP contribution is -2.10. The third-order valence-electron chi connectivity index (χ3n) is 2.66. The summed E-state index contributed by atoms with van der Waals surface area (Å²) in [6, 6.07) is 1.88. The van der Waals surface area contributed by atoms with Crippen LogP contribution in [0, 0.1) is 0 Å². The number of nitrogens with zero attached hydrogens (tertiary/aromatic N) is 2. The van der Waals surface area contributed by atoms with Crippen LogP contribution in [0.1, 0.15) is 9.67 Å². The second-order valence-corrected chi connectivity index (χ2v) is 5.73. The Balaban J connectivity index is 2.08. The van der Waals surface area contributed by atoms with Crippen molar-refractivity contribution in [2.24, 2.45) is 0 Å². The normalized spacial score (nSPS) is 10.5. The van der Waals surface area contributed by atoms with Gasteiger partial charge in [0, 0.05) is 18.9 Å². The number of nitrogens with one attached hydrogen (secondary N) is 1. The molecule has 0 unspecified atom stereocenters. The summed E-state index contributed by atoms with van der Waals surface area (Å²) in [5.74, 6) is -0.400. The Bertz CT molecular complexity index is 581. The van der Waals surface area contributed by atoms with Crippen molar-refractivity contribution < 1.29 is 9.53 Å². The summed E-state index contributed by atoms with van der Waals surface area (Å²) in [5, 5.41) is 8.31. The van der Waals surface area contributed by atoms with Gasteiger partial charge in [-0.25, -0.2) is 4.79 Å². The monoisotopic (exact) mass is 312 g/mol. The second-order valence-electron chi connectivity index (χ2n) is 3.89. The molecule has 2 rings (SSSR count). The van der Waals surface area contributed by atoms with Gasteiger partial charge in [0.15, 0.2) is 0 Å². The Labute approximate surface area is 125 Å². The number of rotatable bonds is 6. The maximum atomic E-state index is 11.6. The fraction of sp³-hybridized carbons (Fsp3) is 0.333. The molecule has 0 fully saturated rings. The molecular weight excluding hydrogens is 296 g/mol. The predicted molar refractivity (Wildman–Crippen MR) is 82.6 cm³/mol. The van der Waals surface area contributed by atoms with Crippen LogP contribution in [0.3, 0.4) is 0 Å². The van der Waals surface area contributed by atoms with Gasteiger partial charge in [-0.15, -0.1) is 23.1 Å². The van der Waals surface area contributed by atoms with E-state index in [-0.39, 0.29) is 0 Å². The highest BCUT2D eigenvalue weighted by Crippen LogP contribution is 2.41. The van der Waals surface area contributed by atoms with Crippen LogP contribution in [0.5, 0.6) is 0 Å². The molecule has 20 heavy (non-hydrogen) atoms. The van der Waals surface area contributed by atoms with Gasteiger partial charge >= 0.3 is 5.97 Å². The molecule has 0 spiro atoms. The molecule has 2 aromatic heterocycles. The van der Waals surface area contributed by atoms with E-state index in [4.69, 9.17) is 10.5 Å². The van der Waals surface area contributed by atoms with Crippen molar-refractivity contribution in [3.8, 4) is 0 Å². The molecule has 0 aliphatic heterocycles. The average molecular weight is 312 g/mol. The fourth-order valence-corrected chi connectivity index (χ4v) is 3.69. The molecule has 8 heteroatoms. The van der Waals surface area contributed by atoms with Gasteiger partial charge in [-0.1, -0.05) is 0 Å². The van der Waals surface area contributed by atoms with Crippen molar-refractivity contribution in [1.29, 1.82) is 0 Å². The number of nitrogen functional groups attached to an aromatic ring is 1. The van der Waals surface area contributed by atoms with Crippen molar-refractivity contribution in [3.63, 3.8) is 0 Å². The molecule has 0 amide bonds. The van der Waals surface area contributed by atoms with E-state index < -0.39 is 5.97 Å². The molecule has 0 aliphatic carbocycles. The highest BCUT2D eigenvalue weighted by Gasteiger charge is 2.20. The first-order valence-corrected chi connectivity index (χ1v) is 7.97. The second kappa shape index (κ2) is 6.67. The first-order chi connectivity index (χ1) is 9.67. The number of methoxy groups -OCH3 is 1. The summed E-state index contributed by atoms with van der Waals surface area (Å²) in [6.07, 6.45) is 5.57. The summed E-state index contributed by atoms with van der Waals surface area (Å²) < 4.78 is 6.57. The van der Waals surface area contributed by atoms with Gasteiger partial charge in [0.25, 0.3) is 0 Å². The minimum absolute atomic E-state index is 0.400.